The molecule has 1 aliphatic heterocycles. The molecule has 144 valence electrons. The molecule has 5 nitrogen and oxygen atoms in total. The molecule has 1 fully saturated rings. The third-order valence-electron chi connectivity index (χ3n) is 5.36. The Labute approximate surface area is 160 Å². The van der Waals surface area contributed by atoms with Crippen LogP contribution in [-0.2, 0) is 15.7 Å². The molecule has 1 aromatic carbocycles. The Morgan fingerprint density at radius 1 is 1.15 bits per heavy atom. The van der Waals surface area contributed by atoms with Crippen molar-refractivity contribution in [3.8, 4) is 0 Å². The van der Waals surface area contributed by atoms with Crippen LogP contribution in [0.4, 0.5) is 10.2 Å². The van der Waals surface area contributed by atoms with Gasteiger partial charge in [-0.1, -0.05) is 19.1 Å². The summed E-state index contributed by atoms with van der Waals surface area (Å²) in [6.45, 7) is 9.73. The van der Waals surface area contributed by atoms with E-state index in [0.29, 0.717) is 16.8 Å². The molecule has 2 N–H and O–H groups in total. The van der Waals surface area contributed by atoms with Crippen molar-refractivity contribution in [2.45, 2.75) is 58.5 Å². The summed E-state index contributed by atoms with van der Waals surface area (Å²) in [5, 5.41) is 13.3. The Hall–Kier alpha value is -1.96. The van der Waals surface area contributed by atoms with Crippen LogP contribution in [0.1, 0.15) is 52.0 Å². The molecule has 0 bridgehead atoms. The zero-order valence-electron chi connectivity index (χ0n) is 16.4. The van der Waals surface area contributed by atoms with Crippen LogP contribution >= 0.6 is 0 Å². The van der Waals surface area contributed by atoms with Crippen LogP contribution < -0.4 is 10.8 Å². The number of rotatable bonds is 5. The largest absolute Gasteiger partial charge is 0.497 e. The third-order valence-corrected chi connectivity index (χ3v) is 5.36. The van der Waals surface area contributed by atoms with E-state index in [1.807, 2.05) is 46.8 Å². The minimum Gasteiger partial charge on any atom is -0.399 e. The number of nitrogens with one attached hydrogen (secondary N) is 1. The van der Waals surface area contributed by atoms with E-state index < -0.39 is 30.4 Å². The molecule has 0 aliphatic carbocycles. The minimum absolute atomic E-state index is 0.315. The van der Waals surface area contributed by atoms with E-state index >= 15 is 0 Å². The summed E-state index contributed by atoms with van der Waals surface area (Å²) in [7, 11) is -0.781. The fourth-order valence-electron chi connectivity index (χ4n) is 2.87. The molecule has 2 aromatic rings. The monoisotopic (exact) mass is 372 g/mol. The van der Waals surface area contributed by atoms with Crippen molar-refractivity contribution in [3.63, 3.8) is 0 Å². The highest BCUT2D eigenvalue weighted by Gasteiger charge is 2.52. The maximum Gasteiger partial charge on any atom is 0.497 e. The van der Waals surface area contributed by atoms with Crippen LogP contribution in [0.5, 0.6) is 0 Å². The minimum atomic E-state index is -1.08. The van der Waals surface area contributed by atoms with Gasteiger partial charge in [-0.25, -0.2) is 9.37 Å². The summed E-state index contributed by atoms with van der Waals surface area (Å²) < 4.78 is 26.5. The van der Waals surface area contributed by atoms with E-state index in [1.165, 1.54) is 6.07 Å². The van der Waals surface area contributed by atoms with Gasteiger partial charge in [-0.15, -0.1) is 0 Å². The summed E-state index contributed by atoms with van der Waals surface area (Å²) in [6.07, 6.45) is 1.46. The number of benzene rings is 1. The third kappa shape index (κ3) is 4.00. The molecule has 0 spiro atoms. The molecular weight excluding hydrogens is 346 g/mol. The summed E-state index contributed by atoms with van der Waals surface area (Å²) in [5.74, 6) is 0.0550. The molecule has 27 heavy (non-hydrogen) atoms. The fraction of sp³-hybridized carbons (Fsp3) is 0.450. The molecule has 0 radical (unpaired) electrons. The zero-order chi connectivity index (χ0) is 19.8. The highest BCUT2D eigenvalue weighted by molar-refractivity contribution is 6.62. The first kappa shape index (κ1) is 19.8. The van der Waals surface area contributed by atoms with Gasteiger partial charge >= 0.3 is 7.12 Å². The Morgan fingerprint density at radius 3 is 2.41 bits per heavy atom. The number of aliphatic hydroxyl groups is 1. The summed E-state index contributed by atoms with van der Waals surface area (Å²) >= 11 is 0. The normalized spacial score (nSPS) is 19.1. The van der Waals surface area contributed by atoms with Crippen LogP contribution in [0.15, 0.2) is 36.5 Å². The van der Waals surface area contributed by atoms with Crippen molar-refractivity contribution >= 4 is 18.4 Å². The van der Waals surface area contributed by atoms with Crippen molar-refractivity contribution in [2.24, 2.45) is 0 Å². The smallest absolute Gasteiger partial charge is 0.399 e. The molecular formula is C20H26BFN2O3. The van der Waals surface area contributed by atoms with E-state index in [4.69, 9.17) is 9.31 Å². The van der Waals surface area contributed by atoms with Gasteiger partial charge in [0.1, 0.15) is 11.6 Å². The first-order valence-corrected chi connectivity index (χ1v) is 9.17. The van der Waals surface area contributed by atoms with Crippen LogP contribution in [0, 0.1) is 5.82 Å². The van der Waals surface area contributed by atoms with E-state index in [0.717, 1.165) is 12.0 Å². The highest BCUT2D eigenvalue weighted by Crippen LogP contribution is 2.36. The number of pyridine rings is 1. The molecule has 1 aliphatic rings. The van der Waals surface area contributed by atoms with Crippen LogP contribution in [0.3, 0.4) is 0 Å². The van der Waals surface area contributed by atoms with E-state index in [1.54, 1.807) is 18.3 Å². The molecule has 3 rings (SSSR count). The summed E-state index contributed by atoms with van der Waals surface area (Å²) in [6, 6.07) is 8.31. The van der Waals surface area contributed by atoms with Gasteiger partial charge in [-0.05, 0) is 57.9 Å². The number of aromatic nitrogens is 1. The number of halogens is 1. The van der Waals surface area contributed by atoms with Crippen LogP contribution in [-0.4, -0.2) is 28.4 Å². The maximum absolute atomic E-state index is 14.7. The predicted octanol–water partition coefficient (Wildman–Crippen LogP) is 3.19. The molecule has 7 heteroatoms. The van der Waals surface area contributed by atoms with Gasteiger partial charge in [0.2, 0.25) is 0 Å². The second kappa shape index (κ2) is 7.22. The van der Waals surface area contributed by atoms with Gasteiger partial charge in [-0.2, -0.15) is 0 Å². The lowest BCUT2D eigenvalue weighted by atomic mass is 9.78. The Kier molecular flexibility index (Phi) is 5.30. The first-order valence-electron chi connectivity index (χ1n) is 9.17. The molecule has 0 amide bonds. The molecule has 0 saturated carbocycles. The zero-order valence-corrected chi connectivity index (χ0v) is 16.4. The number of hydrogen-bond donors (Lipinski definition) is 2. The lowest BCUT2D eigenvalue weighted by Crippen LogP contribution is -2.41. The summed E-state index contributed by atoms with van der Waals surface area (Å²) in [4.78, 5) is 4.18. The van der Waals surface area contributed by atoms with Gasteiger partial charge in [-0.3, -0.25) is 0 Å². The number of aliphatic hydroxyl groups excluding tert-OH is 1. The van der Waals surface area contributed by atoms with Crippen LogP contribution in [0.2, 0.25) is 0 Å². The Balaban J connectivity index is 1.76. The molecule has 1 saturated heterocycles. The summed E-state index contributed by atoms with van der Waals surface area (Å²) in [5.41, 5.74) is 0.730. The standard InChI is InChI=1S/C20H26BFN2O3/c1-6-13-9-10-23-17(11-13)24-18(25)14-7-8-15(16(22)12-14)21-26-19(2,3)20(4,5)27-21/h7-12,18,25H,6H2,1-5H3,(H,23,24). The van der Waals surface area contributed by atoms with Gasteiger partial charge < -0.3 is 19.7 Å². The van der Waals surface area contributed by atoms with Crippen molar-refractivity contribution in [3.05, 3.63) is 53.5 Å². The second-order valence-corrected chi connectivity index (χ2v) is 7.82. The molecule has 2 heterocycles. The first-order chi connectivity index (χ1) is 12.6. The van der Waals surface area contributed by atoms with Gasteiger partial charge in [0, 0.05) is 17.2 Å². The SMILES string of the molecule is CCc1ccnc(NC(O)c2ccc(B3OC(C)(C)C(C)(C)O3)c(F)c2)c1. The average Bonchev–Trinajstić information content (AvgIpc) is 2.82. The quantitative estimate of drug-likeness (QED) is 0.624. The van der Waals surface area contributed by atoms with E-state index in [-0.39, 0.29) is 0 Å². The topological polar surface area (TPSA) is 63.6 Å². The lowest BCUT2D eigenvalue weighted by molar-refractivity contribution is 0.00578. The Bertz CT molecular complexity index is 813. The lowest BCUT2D eigenvalue weighted by Gasteiger charge is -2.32. The van der Waals surface area contributed by atoms with E-state index in [2.05, 4.69) is 10.3 Å². The van der Waals surface area contributed by atoms with Gasteiger partial charge in [0.05, 0.1) is 11.2 Å². The number of aryl methyl sites for hydroxylation is 1. The van der Waals surface area contributed by atoms with Crippen molar-refractivity contribution in [1.82, 2.24) is 4.98 Å². The van der Waals surface area contributed by atoms with Crippen molar-refractivity contribution in [1.29, 1.82) is 0 Å². The second-order valence-electron chi connectivity index (χ2n) is 7.82. The predicted molar refractivity (Wildman–Crippen MR) is 104 cm³/mol. The van der Waals surface area contributed by atoms with Crippen molar-refractivity contribution < 1.29 is 18.8 Å². The van der Waals surface area contributed by atoms with Gasteiger partial charge in [0.15, 0.2) is 6.23 Å². The molecule has 1 atom stereocenters. The number of anilines is 1. The highest BCUT2D eigenvalue weighted by atomic mass is 19.1. The average molecular weight is 372 g/mol. The number of hydrogen-bond acceptors (Lipinski definition) is 5. The molecule has 1 unspecified atom stereocenters. The fourth-order valence-corrected chi connectivity index (χ4v) is 2.87. The molecule has 1 aromatic heterocycles. The maximum atomic E-state index is 14.7. The van der Waals surface area contributed by atoms with Crippen molar-refractivity contribution in [2.75, 3.05) is 5.32 Å². The van der Waals surface area contributed by atoms with Gasteiger partial charge in [0.25, 0.3) is 0 Å². The Morgan fingerprint density at radius 2 is 1.81 bits per heavy atom. The number of nitrogens with zero attached hydrogens (tertiary/aromatic N) is 1. The van der Waals surface area contributed by atoms with Crippen LogP contribution in [0.25, 0.3) is 0 Å². The van der Waals surface area contributed by atoms with E-state index in [9.17, 15) is 9.50 Å².